The molecule has 6 nitrogen and oxygen atoms in total. The molecule has 0 aliphatic heterocycles. The van der Waals surface area contributed by atoms with Crippen LogP contribution in [0.3, 0.4) is 0 Å². The highest BCUT2D eigenvalue weighted by atomic mass is 19.1. The van der Waals surface area contributed by atoms with Crippen molar-refractivity contribution in [3.05, 3.63) is 29.5 Å². The molecule has 2 aromatic rings. The fourth-order valence-electron chi connectivity index (χ4n) is 2.06. The molecule has 2 heterocycles. The van der Waals surface area contributed by atoms with Crippen LogP contribution in [0.25, 0.3) is 5.65 Å². The van der Waals surface area contributed by atoms with Gasteiger partial charge in [0, 0.05) is 19.4 Å². The quantitative estimate of drug-likeness (QED) is 0.915. The van der Waals surface area contributed by atoms with E-state index in [1.54, 1.807) is 0 Å². The molecule has 0 fully saturated rings. The summed E-state index contributed by atoms with van der Waals surface area (Å²) in [4.78, 5) is 15.2. The molecule has 0 saturated carbocycles. The summed E-state index contributed by atoms with van der Waals surface area (Å²) in [6, 6.07) is 1.14. The highest BCUT2D eigenvalue weighted by Gasteiger charge is 2.26. The first kappa shape index (κ1) is 13.4. The fourth-order valence-corrected chi connectivity index (χ4v) is 2.06. The maximum absolute atomic E-state index is 13.2. The molecule has 0 bridgehead atoms. The molecule has 2 aromatic heterocycles. The topological polar surface area (TPSA) is 76.7 Å². The number of aromatic carboxylic acids is 1. The summed E-state index contributed by atoms with van der Waals surface area (Å²) in [7, 11) is 1.47. The van der Waals surface area contributed by atoms with E-state index >= 15 is 0 Å². The van der Waals surface area contributed by atoms with E-state index in [-0.39, 0.29) is 17.1 Å². The molecule has 0 aliphatic carbocycles. The van der Waals surface area contributed by atoms with Crippen LogP contribution in [0.15, 0.2) is 12.3 Å². The molecular formula is C12H14FN3O3. The van der Waals surface area contributed by atoms with Crippen molar-refractivity contribution in [2.24, 2.45) is 5.92 Å². The van der Waals surface area contributed by atoms with Gasteiger partial charge in [0.15, 0.2) is 5.65 Å². The van der Waals surface area contributed by atoms with Gasteiger partial charge < -0.3 is 9.84 Å². The second kappa shape index (κ2) is 4.93. The van der Waals surface area contributed by atoms with Crippen LogP contribution < -0.4 is 0 Å². The minimum atomic E-state index is -1.15. The second-order valence-corrected chi connectivity index (χ2v) is 4.50. The molecule has 7 heteroatoms. The molecule has 2 rings (SSSR count). The van der Waals surface area contributed by atoms with Gasteiger partial charge in [-0.1, -0.05) is 13.8 Å². The van der Waals surface area contributed by atoms with Gasteiger partial charge in [-0.25, -0.2) is 14.3 Å². The molecular weight excluding hydrogens is 253 g/mol. The van der Waals surface area contributed by atoms with E-state index in [1.165, 1.54) is 17.8 Å². The number of carboxylic acid groups (broad SMARTS) is 1. The van der Waals surface area contributed by atoms with E-state index in [9.17, 15) is 14.3 Å². The molecule has 0 saturated heterocycles. The lowest BCUT2D eigenvalue weighted by molar-refractivity contribution is 0.0541. The molecule has 1 N–H and O–H groups in total. The number of hydrogen-bond donors (Lipinski definition) is 1. The highest BCUT2D eigenvalue weighted by molar-refractivity contribution is 5.89. The average molecular weight is 267 g/mol. The van der Waals surface area contributed by atoms with Crippen LogP contribution in [-0.4, -0.2) is 32.8 Å². The first-order valence-electron chi connectivity index (χ1n) is 5.76. The van der Waals surface area contributed by atoms with Crippen molar-refractivity contribution in [1.82, 2.24) is 14.6 Å². The van der Waals surface area contributed by atoms with Gasteiger partial charge in [0.25, 0.3) is 0 Å². The van der Waals surface area contributed by atoms with E-state index in [0.29, 0.717) is 5.69 Å². The lowest BCUT2D eigenvalue weighted by Crippen LogP contribution is -2.19. The number of nitrogens with zero attached hydrogens (tertiary/aromatic N) is 3. The third-order valence-corrected chi connectivity index (χ3v) is 2.85. The van der Waals surface area contributed by atoms with Crippen LogP contribution >= 0.6 is 0 Å². The lowest BCUT2D eigenvalue weighted by Gasteiger charge is -2.21. The van der Waals surface area contributed by atoms with Gasteiger partial charge in [0.05, 0.1) is 5.69 Å². The number of rotatable bonds is 4. The van der Waals surface area contributed by atoms with Crippen LogP contribution in [0.5, 0.6) is 0 Å². The Bertz CT molecular complexity index is 624. The highest BCUT2D eigenvalue weighted by Crippen LogP contribution is 2.28. The van der Waals surface area contributed by atoms with Gasteiger partial charge in [-0.2, -0.15) is 4.39 Å². The first-order chi connectivity index (χ1) is 8.95. The second-order valence-electron chi connectivity index (χ2n) is 4.50. The van der Waals surface area contributed by atoms with Crippen molar-refractivity contribution < 1.29 is 19.0 Å². The van der Waals surface area contributed by atoms with Crippen LogP contribution in [0.2, 0.25) is 0 Å². The van der Waals surface area contributed by atoms with E-state index in [2.05, 4.69) is 10.1 Å². The Hall–Kier alpha value is -2.02. The minimum absolute atomic E-state index is 0.000890. The van der Waals surface area contributed by atoms with Crippen molar-refractivity contribution in [3.8, 4) is 0 Å². The molecule has 102 valence electrons. The minimum Gasteiger partial charge on any atom is -0.478 e. The molecule has 0 aromatic carbocycles. The Morgan fingerprint density at radius 2 is 2.21 bits per heavy atom. The van der Waals surface area contributed by atoms with Gasteiger partial charge in [-0.05, 0) is 5.92 Å². The van der Waals surface area contributed by atoms with Crippen LogP contribution in [0, 0.1) is 11.9 Å². The van der Waals surface area contributed by atoms with Crippen molar-refractivity contribution >= 4 is 11.6 Å². The Morgan fingerprint density at radius 1 is 1.53 bits per heavy atom. The standard InChI is InChI=1S/C12H14FN3O3/c1-6(2)11(19-3)10-7(12(17)18)5-14-9-4-8(13)15-16(9)10/h4-6,11H,1-3H3,(H,17,18). The van der Waals surface area contributed by atoms with Gasteiger partial charge in [0.1, 0.15) is 11.7 Å². The number of carboxylic acids is 1. The summed E-state index contributed by atoms with van der Waals surface area (Å²) in [6.07, 6.45) is 0.679. The number of aromatic nitrogens is 3. The maximum Gasteiger partial charge on any atom is 0.339 e. The molecule has 0 amide bonds. The van der Waals surface area contributed by atoms with Gasteiger partial charge in [0.2, 0.25) is 5.95 Å². The van der Waals surface area contributed by atoms with Gasteiger partial charge in [-0.3, -0.25) is 0 Å². The van der Waals surface area contributed by atoms with Crippen molar-refractivity contribution in [3.63, 3.8) is 0 Å². The zero-order chi connectivity index (χ0) is 14.2. The number of carbonyl (C=O) groups is 1. The first-order valence-corrected chi connectivity index (χ1v) is 5.76. The Morgan fingerprint density at radius 3 is 2.74 bits per heavy atom. The summed E-state index contributed by atoms with van der Waals surface area (Å²) in [5.41, 5.74) is 0.496. The largest absolute Gasteiger partial charge is 0.478 e. The SMILES string of the molecule is COC(c1c(C(=O)O)cnc2cc(F)nn12)C(C)C. The Balaban J connectivity index is 2.78. The maximum atomic E-state index is 13.2. The summed E-state index contributed by atoms with van der Waals surface area (Å²) in [5.74, 6) is -1.86. The van der Waals surface area contributed by atoms with E-state index in [4.69, 9.17) is 4.74 Å². The van der Waals surface area contributed by atoms with Crippen LogP contribution in [0.1, 0.15) is 36.0 Å². The zero-order valence-electron chi connectivity index (χ0n) is 10.8. The van der Waals surface area contributed by atoms with E-state index < -0.39 is 18.0 Å². The summed E-state index contributed by atoms with van der Waals surface area (Å²) in [6.45, 7) is 3.76. The third kappa shape index (κ3) is 2.28. The fraction of sp³-hybridized carbons (Fsp3) is 0.417. The van der Waals surface area contributed by atoms with Crippen LogP contribution in [-0.2, 0) is 4.74 Å². The van der Waals surface area contributed by atoms with E-state index in [0.717, 1.165) is 6.07 Å². The van der Waals surface area contributed by atoms with Gasteiger partial charge >= 0.3 is 5.97 Å². The summed E-state index contributed by atoms with van der Waals surface area (Å²) < 4.78 is 19.8. The van der Waals surface area contributed by atoms with Crippen LogP contribution in [0.4, 0.5) is 4.39 Å². The molecule has 0 radical (unpaired) electrons. The summed E-state index contributed by atoms with van der Waals surface area (Å²) >= 11 is 0. The number of methoxy groups -OCH3 is 1. The smallest absolute Gasteiger partial charge is 0.339 e. The number of halogens is 1. The molecule has 1 unspecified atom stereocenters. The zero-order valence-corrected chi connectivity index (χ0v) is 10.8. The monoisotopic (exact) mass is 267 g/mol. The normalized spacial score (nSPS) is 13.1. The van der Waals surface area contributed by atoms with Crippen molar-refractivity contribution in [2.75, 3.05) is 7.11 Å². The van der Waals surface area contributed by atoms with Crippen molar-refractivity contribution in [1.29, 1.82) is 0 Å². The third-order valence-electron chi connectivity index (χ3n) is 2.85. The summed E-state index contributed by atoms with van der Waals surface area (Å²) in [5, 5.41) is 12.9. The average Bonchev–Trinajstić information content (AvgIpc) is 2.69. The number of hydrogen-bond acceptors (Lipinski definition) is 4. The van der Waals surface area contributed by atoms with Gasteiger partial charge in [-0.15, -0.1) is 5.10 Å². The molecule has 0 spiro atoms. The molecule has 0 aliphatic rings. The predicted molar refractivity (Wildman–Crippen MR) is 64.5 cm³/mol. The molecule has 1 atom stereocenters. The Kier molecular flexibility index (Phi) is 3.48. The number of ether oxygens (including phenoxy) is 1. The predicted octanol–water partition coefficient (Wildman–Crippen LogP) is 1.91. The lowest BCUT2D eigenvalue weighted by atomic mass is 10.0. The van der Waals surface area contributed by atoms with Crippen molar-refractivity contribution in [2.45, 2.75) is 20.0 Å². The number of fused-ring (bicyclic) bond motifs is 1. The van der Waals surface area contributed by atoms with E-state index in [1.807, 2.05) is 13.8 Å². The molecule has 19 heavy (non-hydrogen) atoms. The Labute approximate surface area is 108 Å².